The SMILES string of the molecule is O=S(=O)(Nc1ccc2c(c1)OCO2)C1C(Cl)N=C2SC=CN21. The summed E-state index contributed by atoms with van der Waals surface area (Å²) in [4.78, 5) is 5.70. The molecule has 3 aliphatic rings. The molecule has 0 radical (unpaired) electrons. The summed E-state index contributed by atoms with van der Waals surface area (Å²) in [5.41, 5.74) is -0.476. The fraction of sp³-hybridized carbons (Fsp3) is 0.250. The number of fused-ring (bicyclic) bond motifs is 2. The molecular weight excluding hydrogens is 350 g/mol. The van der Waals surface area contributed by atoms with E-state index in [9.17, 15) is 8.42 Å². The van der Waals surface area contributed by atoms with Gasteiger partial charge >= 0.3 is 0 Å². The molecule has 0 fully saturated rings. The Morgan fingerprint density at radius 1 is 1.36 bits per heavy atom. The number of alkyl halides is 1. The fourth-order valence-corrected chi connectivity index (χ4v) is 5.29. The van der Waals surface area contributed by atoms with Crippen LogP contribution in [0.1, 0.15) is 0 Å². The van der Waals surface area contributed by atoms with Crippen molar-refractivity contribution in [2.45, 2.75) is 10.9 Å². The van der Waals surface area contributed by atoms with E-state index in [4.69, 9.17) is 21.1 Å². The number of thioether (sulfide) groups is 1. The lowest BCUT2D eigenvalue weighted by atomic mass is 10.3. The van der Waals surface area contributed by atoms with E-state index in [0.29, 0.717) is 22.4 Å². The summed E-state index contributed by atoms with van der Waals surface area (Å²) in [6, 6.07) is 4.84. The normalized spacial score (nSPS) is 25.3. The average Bonchev–Trinajstić information content (AvgIpc) is 3.11. The minimum Gasteiger partial charge on any atom is -0.454 e. The van der Waals surface area contributed by atoms with E-state index in [1.807, 2.05) is 0 Å². The van der Waals surface area contributed by atoms with Gasteiger partial charge < -0.3 is 14.4 Å². The second-order valence-electron chi connectivity index (χ2n) is 4.70. The number of hydrogen-bond donors (Lipinski definition) is 1. The molecule has 0 spiro atoms. The summed E-state index contributed by atoms with van der Waals surface area (Å²) in [6.07, 6.45) is 1.66. The minimum absolute atomic E-state index is 0.130. The van der Waals surface area contributed by atoms with Crippen molar-refractivity contribution < 1.29 is 17.9 Å². The summed E-state index contributed by atoms with van der Waals surface area (Å²) in [7, 11) is -3.77. The van der Waals surface area contributed by atoms with Gasteiger partial charge in [-0.3, -0.25) is 4.72 Å². The molecule has 116 valence electrons. The van der Waals surface area contributed by atoms with E-state index in [2.05, 4.69) is 9.71 Å². The first-order valence-electron chi connectivity index (χ1n) is 6.29. The molecule has 7 nitrogen and oxygen atoms in total. The summed E-state index contributed by atoms with van der Waals surface area (Å²) >= 11 is 7.43. The van der Waals surface area contributed by atoms with E-state index < -0.39 is 20.9 Å². The highest BCUT2D eigenvalue weighted by atomic mass is 35.5. The van der Waals surface area contributed by atoms with Crippen LogP contribution in [0.5, 0.6) is 11.5 Å². The summed E-state index contributed by atoms with van der Waals surface area (Å²) in [5.74, 6) is 1.09. The van der Waals surface area contributed by atoms with Crippen LogP contribution < -0.4 is 14.2 Å². The Bertz CT molecular complexity index is 796. The number of rotatable bonds is 3. The zero-order valence-corrected chi connectivity index (χ0v) is 13.4. The van der Waals surface area contributed by atoms with Crippen LogP contribution in [0.2, 0.25) is 0 Å². The molecule has 1 aromatic rings. The third kappa shape index (κ3) is 2.20. The molecule has 0 aromatic heterocycles. The van der Waals surface area contributed by atoms with Gasteiger partial charge in [0.15, 0.2) is 27.5 Å². The highest BCUT2D eigenvalue weighted by Crippen LogP contribution is 2.37. The van der Waals surface area contributed by atoms with Gasteiger partial charge in [-0.2, -0.15) is 0 Å². The number of benzene rings is 1. The standard InChI is InChI=1S/C12H10ClN3O4S2/c13-10-11(16-3-4-21-12(16)14-10)22(17,18)15-7-1-2-8-9(5-7)20-6-19-8/h1-5,10-11,15H,6H2. The van der Waals surface area contributed by atoms with Gasteiger partial charge in [0, 0.05) is 12.3 Å². The molecule has 1 N–H and O–H groups in total. The minimum atomic E-state index is -3.77. The van der Waals surface area contributed by atoms with Crippen molar-refractivity contribution in [2.75, 3.05) is 11.5 Å². The van der Waals surface area contributed by atoms with Crippen LogP contribution in [-0.4, -0.2) is 36.2 Å². The van der Waals surface area contributed by atoms with Crippen molar-refractivity contribution in [3.63, 3.8) is 0 Å². The number of ether oxygens (including phenoxy) is 2. The number of hydrogen-bond acceptors (Lipinski definition) is 7. The van der Waals surface area contributed by atoms with Crippen molar-refractivity contribution in [2.24, 2.45) is 4.99 Å². The van der Waals surface area contributed by atoms with E-state index >= 15 is 0 Å². The maximum atomic E-state index is 12.6. The lowest BCUT2D eigenvalue weighted by Gasteiger charge is -2.23. The maximum Gasteiger partial charge on any atom is 0.257 e. The number of nitrogens with one attached hydrogen (secondary N) is 1. The van der Waals surface area contributed by atoms with Gasteiger partial charge in [0.05, 0.1) is 5.69 Å². The lowest BCUT2D eigenvalue weighted by molar-refractivity contribution is 0.174. The first kappa shape index (κ1) is 14.0. The molecule has 22 heavy (non-hydrogen) atoms. The van der Waals surface area contributed by atoms with Gasteiger partial charge in [-0.25, -0.2) is 13.4 Å². The monoisotopic (exact) mass is 359 g/mol. The van der Waals surface area contributed by atoms with E-state index in [0.717, 1.165) is 0 Å². The van der Waals surface area contributed by atoms with Crippen molar-refractivity contribution in [3.05, 3.63) is 29.8 Å². The lowest BCUT2D eigenvalue weighted by Crippen LogP contribution is -2.42. The summed E-state index contributed by atoms with van der Waals surface area (Å²) in [5, 5.41) is 1.37. The van der Waals surface area contributed by atoms with Crippen molar-refractivity contribution in [1.82, 2.24) is 4.90 Å². The molecule has 1 aromatic carbocycles. The van der Waals surface area contributed by atoms with Crippen molar-refractivity contribution in [1.29, 1.82) is 0 Å². The summed E-state index contributed by atoms with van der Waals surface area (Å²) < 4.78 is 38.2. The molecular formula is C12H10ClN3O4S2. The fourth-order valence-electron chi connectivity index (χ4n) is 2.36. The Kier molecular flexibility index (Phi) is 3.17. The molecule has 3 heterocycles. The van der Waals surface area contributed by atoms with E-state index in [1.54, 1.807) is 34.7 Å². The third-order valence-electron chi connectivity index (χ3n) is 3.31. The molecule has 0 aliphatic carbocycles. The maximum absolute atomic E-state index is 12.6. The Morgan fingerprint density at radius 3 is 3.05 bits per heavy atom. The van der Waals surface area contributed by atoms with Gasteiger partial charge in [-0.1, -0.05) is 23.4 Å². The first-order chi connectivity index (χ1) is 10.5. The number of nitrogens with zero attached hydrogens (tertiary/aromatic N) is 2. The highest BCUT2D eigenvalue weighted by Gasteiger charge is 2.45. The van der Waals surface area contributed by atoms with Crippen LogP contribution >= 0.6 is 23.4 Å². The van der Waals surface area contributed by atoms with Gasteiger partial charge in [0.2, 0.25) is 6.79 Å². The summed E-state index contributed by atoms with van der Waals surface area (Å²) in [6.45, 7) is 0.130. The Morgan fingerprint density at radius 2 is 2.18 bits per heavy atom. The van der Waals surface area contributed by atoms with Crippen molar-refractivity contribution >= 4 is 44.2 Å². The second kappa shape index (κ2) is 4.97. The quantitative estimate of drug-likeness (QED) is 0.656. The second-order valence-corrected chi connectivity index (χ2v) is 7.80. The van der Waals surface area contributed by atoms with Crippen LogP contribution in [0, 0.1) is 0 Å². The number of halogens is 1. The van der Waals surface area contributed by atoms with Crippen LogP contribution in [0.3, 0.4) is 0 Å². The van der Waals surface area contributed by atoms with Gasteiger partial charge in [0.25, 0.3) is 10.0 Å². The van der Waals surface area contributed by atoms with Crippen LogP contribution in [0.25, 0.3) is 0 Å². The topological polar surface area (TPSA) is 80.2 Å². The first-order valence-corrected chi connectivity index (χ1v) is 9.16. The largest absolute Gasteiger partial charge is 0.454 e. The molecule has 3 aliphatic heterocycles. The predicted octanol–water partition coefficient (Wildman–Crippen LogP) is 1.94. The molecule has 0 amide bonds. The third-order valence-corrected chi connectivity index (χ3v) is 6.22. The number of aliphatic imine (C=N–C) groups is 1. The zero-order chi connectivity index (χ0) is 15.3. The Labute approximate surface area is 136 Å². The molecule has 0 saturated heterocycles. The molecule has 2 atom stereocenters. The molecule has 0 bridgehead atoms. The molecule has 2 unspecified atom stereocenters. The molecule has 10 heteroatoms. The highest BCUT2D eigenvalue weighted by molar-refractivity contribution is 8.16. The van der Waals surface area contributed by atoms with Gasteiger partial charge in [-0.05, 0) is 17.5 Å². The van der Waals surface area contributed by atoms with E-state index in [-0.39, 0.29) is 6.79 Å². The number of anilines is 1. The Hall–Kier alpha value is -1.58. The van der Waals surface area contributed by atoms with Crippen LogP contribution in [0.4, 0.5) is 5.69 Å². The van der Waals surface area contributed by atoms with Gasteiger partial charge in [-0.15, -0.1) is 0 Å². The number of sulfonamides is 1. The van der Waals surface area contributed by atoms with Crippen LogP contribution in [-0.2, 0) is 10.0 Å². The Balaban J connectivity index is 1.60. The smallest absolute Gasteiger partial charge is 0.257 e. The van der Waals surface area contributed by atoms with Gasteiger partial charge in [0.1, 0.15) is 0 Å². The molecule has 0 saturated carbocycles. The zero-order valence-electron chi connectivity index (χ0n) is 11.0. The molecule has 4 rings (SSSR count). The number of amidine groups is 1. The predicted molar refractivity (Wildman–Crippen MR) is 84.5 cm³/mol. The average molecular weight is 360 g/mol. The van der Waals surface area contributed by atoms with E-state index in [1.165, 1.54) is 11.8 Å². The van der Waals surface area contributed by atoms with Crippen molar-refractivity contribution in [3.8, 4) is 11.5 Å². The van der Waals surface area contributed by atoms with Crippen LogP contribution in [0.15, 0.2) is 34.8 Å².